The molecular formula is C11H9F5N4. The van der Waals surface area contributed by atoms with E-state index in [0.717, 1.165) is 6.20 Å². The Kier molecular flexibility index (Phi) is 3.24. The Hall–Kier alpha value is -2.03. The molecule has 1 aromatic heterocycles. The van der Waals surface area contributed by atoms with Gasteiger partial charge >= 0.3 is 0 Å². The van der Waals surface area contributed by atoms with Crippen LogP contribution < -0.4 is 5.73 Å². The van der Waals surface area contributed by atoms with Crippen molar-refractivity contribution in [1.29, 1.82) is 0 Å². The third kappa shape index (κ3) is 2.13. The van der Waals surface area contributed by atoms with Gasteiger partial charge in [0.25, 0.3) is 0 Å². The van der Waals surface area contributed by atoms with Crippen molar-refractivity contribution in [1.82, 2.24) is 15.0 Å². The molecule has 1 aromatic carbocycles. The summed E-state index contributed by atoms with van der Waals surface area (Å²) in [5.41, 5.74) is 3.63. The summed E-state index contributed by atoms with van der Waals surface area (Å²) in [6.45, 7) is 3.08. The highest BCUT2D eigenvalue weighted by Gasteiger charge is 2.28. The Bertz CT molecular complexity index is 645. The maximum absolute atomic E-state index is 13.6. The first-order valence-electron chi connectivity index (χ1n) is 5.38. The van der Waals surface area contributed by atoms with Crippen molar-refractivity contribution in [3.05, 3.63) is 41.0 Å². The molecule has 0 fully saturated rings. The summed E-state index contributed by atoms with van der Waals surface area (Å²) in [5, 5.41) is 6.88. The number of aromatic nitrogens is 3. The molecule has 0 aliphatic rings. The van der Waals surface area contributed by atoms with Crippen molar-refractivity contribution in [3.8, 4) is 5.69 Å². The molecular weight excluding hydrogens is 283 g/mol. The number of nitrogens with zero attached hydrogens (tertiary/aromatic N) is 3. The number of hydrogen-bond donors (Lipinski definition) is 1. The molecule has 0 atom stereocenters. The van der Waals surface area contributed by atoms with E-state index >= 15 is 0 Å². The molecule has 9 heteroatoms. The van der Waals surface area contributed by atoms with Crippen LogP contribution in [0.4, 0.5) is 22.0 Å². The summed E-state index contributed by atoms with van der Waals surface area (Å²) in [6, 6.07) is 0. The van der Waals surface area contributed by atoms with Crippen LogP contribution in [-0.4, -0.2) is 15.0 Å². The number of nitrogens with two attached hydrogens (primary N) is 1. The monoisotopic (exact) mass is 292 g/mol. The topological polar surface area (TPSA) is 56.7 Å². The summed E-state index contributed by atoms with van der Waals surface area (Å²) < 4.78 is 66.6. The summed E-state index contributed by atoms with van der Waals surface area (Å²) in [5.74, 6) is -10.3. The van der Waals surface area contributed by atoms with Crippen molar-refractivity contribution in [2.45, 2.75) is 19.4 Å². The Balaban J connectivity index is 2.68. The van der Waals surface area contributed by atoms with E-state index in [4.69, 9.17) is 5.73 Å². The molecule has 0 amide bonds. The zero-order valence-corrected chi connectivity index (χ0v) is 10.4. The van der Waals surface area contributed by atoms with Crippen molar-refractivity contribution in [2.75, 3.05) is 0 Å². The van der Waals surface area contributed by atoms with E-state index in [0.29, 0.717) is 4.68 Å². The molecule has 2 rings (SSSR count). The second-order valence-electron chi connectivity index (χ2n) is 4.69. The van der Waals surface area contributed by atoms with Crippen LogP contribution >= 0.6 is 0 Å². The van der Waals surface area contributed by atoms with Crippen LogP contribution in [0.25, 0.3) is 5.69 Å². The molecule has 20 heavy (non-hydrogen) atoms. The molecule has 0 spiro atoms. The number of benzene rings is 1. The predicted molar refractivity (Wildman–Crippen MR) is 58.4 cm³/mol. The van der Waals surface area contributed by atoms with Gasteiger partial charge in [-0.05, 0) is 13.8 Å². The lowest BCUT2D eigenvalue weighted by atomic mass is 10.0. The SMILES string of the molecule is CC(C)(N)c1cn(-c2c(F)c(F)c(F)c(F)c2F)nn1. The van der Waals surface area contributed by atoms with Crippen molar-refractivity contribution in [3.63, 3.8) is 0 Å². The van der Waals surface area contributed by atoms with Crippen LogP contribution in [0, 0.1) is 29.1 Å². The first-order chi connectivity index (χ1) is 9.14. The second kappa shape index (κ2) is 4.51. The third-order valence-corrected chi connectivity index (χ3v) is 2.57. The zero-order chi connectivity index (χ0) is 15.2. The molecule has 0 saturated heterocycles. The molecule has 0 radical (unpaired) electrons. The maximum Gasteiger partial charge on any atom is 0.200 e. The van der Waals surface area contributed by atoms with Crippen LogP contribution in [0.15, 0.2) is 6.20 Å². The fourth-order valence-corrected chi connectivity index (χ4v) is 1.46. The van der Waals surface area contributed by atoms with Crippen LogP contribution in [0.3, 0.4) is 0 Å². The van der Waals surface area contributed by atoms with Crippen molar-refractivity contribution in [2.24, 2.45) is 5.73 Å². The van der Waals surface area contributed by atoms with E-state index < -0.39 is 40.3 Å². The van der Waals surface area contributed by atoms with Crippen LogP contribution in [-0.2, 0) is 5.54 Å². The quantitative estimate of drug-likeness (QED) is 0.524. The summed E-state index contributed by atoms with van der Waals surface area (Å²) >= 11 is 0. The van der Waals surface area contributed by atoms with Crippen molar-refractivity contribution < 1.29 is 22.0 Å². The Morgan fingerprint density at radius 3 is 1.80 bits per heavy atom. The molecule has 0 unspecified atom stereocenters. The van der Waals surface area contributed by atoms with E-state index in [-0.39, 0.29) is 5.69 Å². The van der Waals surface area contributed by atoms with Gasteiger partial charge in [-0.1, -0.05) is 5.21 Å². The lowest BCUT2D eigenvalue weighted by molar-refractivity contribution is 0.373. The first kappa shape index (κ1) is 14.4. The molecule has 0 saturated carbocycles. The van der Waals surface area contributed by atoms with Crippen LogP contribution in [0.5, 0.6) is 0 Å². The lowest BCUT2D eigenvalue weighted by Crippen LogP contribution is -2.29. The van der Waals surface area contributed by atoms with Gasteiger partial charge in [0.1, 0.15) is 11.4 Å². The average Bonchev–Trinajstić information content (AvgIpc) is 2.83. The molecule has 0 aliphatic heterocycles. The minimum absolute atomic E-state index is 0.126. The fraction of sp³-hybridized carbons (Fsp3) is 0.273. The minimum atomic E-state index is -2.23. The van der Waals surface area contributed by atoms with Crippen LogP contribution in [0.1, 0.15) is 19.5 Å². The predicted octanol–water partition coefficient (Wildman–Crippen LogP) is 2.16. The molecule has 108 valence electrons. The van der Waals surface area contributed by atoms with E-state index in [1.807, 2.05) is 0 Å². The van der Waals surface area contributed by atoms with Gasteiger partial charge in [0.2, 0.25) is 5.82 Å². The van der Waals surface area contributed by atoms with Gasteiger partial charge in [-0.15, -0.1) is 5.10 Å². The summed E-state index contributed by atoms with van der Waals surface area (Å²) in [6.07, 6.45) is 0.998. The second-order valence-corrected chi connectivity index (χ2v) is 4.69. The lowest BCUT2D eigenvalue weighted by Gasteiger charge is -2.13. The van der Waals surface area contributed by atoms with Gasteiger partial charge < -0.3 is 5.73 Å². The van der Waals surface area contributed by atoms with Crippen molar-refractivity contribution >= 4 is 0 Å². The van der Waals surface area contributed by atoms with Gasteiger partial charge in [-0.25, -0.2) is 26.6 Å². The van der Waals surface area contributed by atoms with E-state index in [1.54, 1.807) is 13.8 Å². The van der Waals surface area contributed by atoms with E-state index in [2.05, 4.69) is 10.3 Å². The normalized spacial score (nSPS) is 12.0. The van der Waals surface area contributed by atoms with Gasteiger partial charge in [0, 0.05) is 0 Å². The van der Waals surface area contributed by atoms with Gasteiger partial charge in [0.15, 0.2) is 23.3 Å². The largest absolute Gasteiger partial charge is 0.320 e. The first-order valence-corrected chi connectivity index (χ1v) is 5.38. The number of rotatable bonds is 2. The highest BCUT2D eigenvalue weighted by atomic mass is 19.2. The van der Waals surface area contributed by atoms with Crippen LogP contribution in [0.2, 0.25) is 0 Å². The molecule has 0 aliphatic carbocycles. The molecule has 2 N–H and O–H groups in total. The maximum atomic E-state index is 13.6. The Morgan fingerprint density at radius 1 is 0.950 bits per heavy atom. The molecule has 2 aromatic rings. The van der Waals surface area contributed by atoms with E-state index in [1.165, 1.54) is 0 Å². The average molecular weight is 292 g/mol. The minimum Gasteiger partial charge on any atom is -0.320 e. The smallest absolute Gasteiger partial charge is 0.200 e. The zero-order valence-electron chi connectivity index (χ0n) is 10.4. The van der Waals surface area contributed by atoms with Gasteiger partial charge in [0.05, 0.1) is 11.7 Å². The van der Waals surface area contributed by atoms with Gasteiger partial charge in [-0.2, -0.15) is 0 Å². The molecule has 4 nitrogen and oxygen atoms in total. The highest BCUT2D eigenvalue weighted by Crippen LogP contribution is 2.26. The van der Waals surface area contributed by atoms with Gasteiger partial charge in [-0.3, -0.25) is 0 Å². The standard InChI is InChI=1S/C11H9F5N4/c1-11(2,17)4-3-20(19-18-4)10-8(15)6(13)5(12)7(14)9(10)16/h3H,17H2,1-2H3. The van der Waals surface area contributed by atoms with E-state index in [9.17, 15) is 22.0 Å². The Labute approximate surface area is 110 Å². The summed E-state index contributed by atoms with van der Waals surface area (Å²) in [7, 11) is 0. The fourth-order valence-electron chi connectivity index (χ4n) is 1.46. The third-order valence-electron chi connectivity index (χ3n) is 2.57. The number of halogens is 5. The Morgan fingerprint density at radius 2 is 1.40 bits per heavy atom. The summed E-state index contributed by atoms with van der Waals surface area (Å²) in [4.78, 5) is 0. The molecule has 0 bridgehead atoms. The number of hydrogen-bond acceptors (Lipinski definition) is 3. The molecule has 1 heterocycles. The highest BCUT2D eigenvalue weighted by molar-refractivity contribution is 5.37.